The van der Waals surface area contributed by atoms with Crippen LogP contribution < -0.4 is 14.7 Å². The van der Waals surface area contributed by atoms with E-state index >= 15 is 0 Å². The average Bonchev–Trinajstić information content (AvgIpc) is 1.57. The van der Waals surface area contributed by atoms with Crippen LogP contribution >= 0.6 is 0 Å². The molecule has 18 rings (SSSR count). The first-order valence-corrected chi connectivity index (χ1v) is 29.2. The van der Waals surface area contributed by atoms with Gasteiger partial charge in [-0.25, -0.2) is 0 Å². The summed E-state index contributed by atoms with van der Waals surface area (Å²) in [6, 6.07) is 108. The van der Waals surface area contributed by atoms with Crippen LogP contribution in [0.2, 0.25) is 0 Å². The standard InChI is InChI=1S/C79H53N5/c1-5-22-52(23-6-1)80(56-42-46-75-66(48-56)63-31-14-17-36-72(63)82(75)54-26-9-3-10-27-54)58-40-44-60-61-45-41-59(81(53-24-7-2-8-25-53)57-43-47-76-67(49-57)64-32-15-18-37-73(64)83(76)55-28-11-4-12-29-55)51-71(61)79(70(60)50-58)68-34-16-20-39-77(68)84-74-38-19-13-30-62(74)65-33-21-35-69(79)78(65)84/h1-51,69,78H. The third kappa shape index (κ3) is 6.55. The van der Waals surface area contributed by atoms with Gasteiger partial charge in [-0.2, -0.15) is 0 Å². The van der Waals surface area contributed by atoms with Crippen molar-refractivity contribution in [2.45, 2.75) is 11.5 Å². The molecule has 2 aromatic heterocycles. The van der Waals surface area contributed by atoms with Crippen molar-refractivity contribution in [3.05, 3.63) is 332 Å². The maximum atomic E-state index is 2.66. The molecular weight excluding hydrogens is 1020 g/mol. The van der Waals surface area contributed by atoms with Crippen molar-refractivity contribution in [1.82, 2.24) is 9.13 Å². The second kappa shape index (κ2) is 18.1. The van der Waals surface area contributed by atoms with Crippen LogP contribution in [-0.2, 0) is 5.41 Å². The molecule has 14 aromatic rings. The smallest absolute Gasteiger partial charge is 0.0676 e. The lowest BCUT2D eigenvalue weighted by Crippen LogP contribution is -2.52. The van der Waals surface area contributed by atoms with E-state index in [1.807, 2.05) is 0 Å². The first-order chi connectivity index (χ1) is 41.7. The molecule has 4 heterocycles. The highest BCUT2D eigenvalue weighted by Crippen LogP contribution is 2.67. The lowest BCUT2D eigenvalue weighted by Gasteiger charge is -2.52. The van der Waals surface area contributed by atoms with E-state index in [4.69, 9.17) is 0 Å². The molecule has 12 aromatic carbocycles. The Bertz CT molecular complexity index is 4800. The zero-order chi connectivity index (χ0) is 55.0. The fraction of sp³-hybridized carbons (Fsp3) is 0.0380. The van der Waals surface area contributed by atoms with Crippen molar-refractivity contribution in [3.63, 3.8) is 0 Å². The van der Waals surface area contributed by atoms with Crippen LogP contribution in [0.4, 0.5) is 45.5 Å². The van der Waals surface area contributed by atoms with Crippen molar-refractivity contribution in [1.29, 1.82) is 0 Å². The van der Waals surface area contributed by atoms with Crippen molar-refractivity contribution >= 4 is 94.7 Å². The van der Waals surface area contributed by atoms with E-state index in [2.05, 4.69) is 333 Å². The van der Waals surface area contributed by atoms with Crippen molar-refractivity contribution < 1.29 is 0 Å². The third-order valence-electron chi connectivity index (χ3n) is 18.6. The zero-order valence-electron chi connectivity index (χ0n) is 45.8. The molecule has 0 bridgehead atoms. The molecule has 0 saturated heterocycles. The van der Waals surface area contributed by atoms with Crippen LogP contribution in [-0.4, -0.2) is 15.2 Å². The number of hydrogen-bond donors (Lipinski definition) is 0. The molecular formula is C79H53N5. The van der Waals surface area contributed by atoms with Crippen molar-refractivity contribution in [3.8, 4) is 22.5 Å². The summed E-state index contributed by atoms with van der Waals surface area (Å²) in [7, 11) is 0. The van der Waals surface area contributed by atoms with Gasteiger partial charge < -0.3 is 23.8 Å². The Morgan fingerprint density at radius 1 is 0.310 bits per heavy atom. The molecule has 5 heteroatoms. The Kier molecular flexibility index (Phi) is 10.1. The summed E-state index contributed by atoms with van der Waals surface area (Å²) in [6.45, 7) is 0. The van der Waals surface area contributed by atoms with Gasteiger partial charge in [-0.15, -0.1) is 0 Å². The van der Waals surface area contributed by atoms with Crippen molar-refractivity contribution in [2.75, 3.05) is 14.7 Å². The predicted molar refractivity (Wildman–Crippen MR) is 349 cm³/mol. The van der Waals surface area contributed by atoms with Crippen molar-refractivity contribution in [2.24, 2.45) is 5.92 Å². The minimum absolute atomic E-state index is 0.0154. The van der Waals surface area contributed by atoms with Crippen LogP contribution in [0, 0.1) is 5.92 Å². The third-order valence-corrected chi connectivity index (χ3v) is 18.6. The lowest BCUT2D eigenvalue weighted by atomic mass is 9.57. The molecule has 84 heavy (non-hydrogen) atoms. The largest absolute Gasteiger partial charge is 0.332 e. The molecule has 394 valence electrons. The molecule has 0 saturated carbocycles. The Labute approximate surface area is 487 Å². The molecule has 1 spiro atoms. The number of nitrogens with zero attached hydrogens (tertiary/aromatic N) is 5. The van der Waals surface area contributed by atoms with Crippen LogP contribution in [0.25, 0.3) is 71.7 Å². The highest BCUT2D eigenvalue weighted by molar-refractivity contribution is 6.12. The van der Waals surface area contributed by atoms with Crippen LogP contribution in [0.1, 0.15) is 22.3 Å². The van der Waals surface area contributed by atoms with Gasteiger partial charge in [0.1, 0.15) is 0 Å². The van der Waals surface area contributed by atoms with Gasteiger partial charge >= 0.3 is 0 Å². The molecule has 0 fully saturated rings. The molecule has 2 aliphatic carbocycles. The topological polar surface area (TPSA) is 19.6 Å². The fourth-order valence-corrected chi connectivity index (χ4v) is 15.4. The number of benzene rings is 12. The summed E-state index contributed by atoms with van der Waals surface area (Å²) >= 11 is 0. The normalized spacial score (nSPS) is 15.7. The summed E-state index contributed by atoms with van der Waals surface area (Å²) in [4.78, 5) is 7.62. The lowest BCUT2D eigenvalue weighted by molar-refractivity contribution is 0.404. The van der Waals surface area contributed by atoms with Crippen LogP contribution in [0.15, 0.2) is 309 Å². The second-order valence-corrected chi connectivity index (χ2v) is 22.8. The molecule has 4 aliphatic rings. The first kappa shape index (κ1) is 46.8. The van der Waals surface area contributed by atoms with E-state index in [1.165, 1.54) is 93.9 Å². The average molecular weight is 1070 g/mol. The highest BCUT2D eigenvalue weighted by atomic mass is 15.2. The predicted octanol–water partition coefficient (Wildman–Crippen LogP) is 20.2. The van der Waals surface area contributed by atoms with E-state index in [0.29, 0.717) is 0 Å². The van der Waals surface area contributed by atoms with Crippen LogP contribution in [0.3, 0.4) is 0 Å². The molecule has 2 aliphatic heterocycles. The highest BCUT2D eigenvalue weighted by Gasteiger charge is 2.60. The number of anilines is 8. The number of fused-ring (bicyclic) bond motifs is 18. The Morgan fingerprint density at radius 3 is 1.29 bits per heavy atom. The van der Waals surface area contributed by atoms with Gasteiger partial charge in [0.2, 0.25) is 0 Å². The summed E-state index contributed by atoms with van der Waals surface area (Å²) < 4.78 is 4.80. The fourth-order valence-electron chi connectivity index (χ4n) is 15.4. The zero-order valence-corrected chi connectivity index (χ0v) is 45.8. The maximum Gasteiger partial charge on any atom is 0.0676 e. The number of rotatable bonds is 8. The Morgan fingerprint density at radius 2 is 0.738 bits per heavy atom. The Hall–Kier alpha value is -10.9. The minimum atomic E-state index is -0.628. The molecule has 5 nitrogen and oxygen atoms in total. The molecule has 2 atom stereocenters. The van der Waals surface area contributed by atoms with Gasteiger partial charge in [-0.05, 0) is 167 Å². The van der Waals surface area contributed by atoms with Gasteiger partial charge in [0, 0.05) is 89.9 Å². The number of aromatic nitrogens is 2. The molecule has 0 amide bonds. The summed E-state index contributed by atoms with van der Waals surface area (Å²) in [6.07, 6.45) is 7.28. The van der Waals surface area contributed by atoms with E-state index in [9.17, 15) is 0 Å². The Balaban J connectivity index is 0.878. The SMILES string of the molecule is C1=CC2C3C(=C1)c1ccccc1N3c1ccccc1C21c2cc(N(c3ccccc3)c3ccc4c(c3)c3ccccc3n4-c3ccccc3)ccc2-c2ccc(N(c3ccccc3)c3ccc4c(c3)c3ccccc3n4-c3ccccc3)cc21. The number of para-hydroxylation sites is 8. The molecule has 0 N–H and O–H groups in total. The van der Waals surface area contributed by atoms with E-state index in [-0.39, 0.29) is 12.0 Å². The second-order valence-electron chi connectivity index (χ2n) is 22.8. The molecule has 0 radical (unpaired) electrons. The van der Waals surface area contributed by atoms with Gasteiger partial charge in [0.05, 0.1) is 33.5 Å². The summed E-state index contributed by atoms with van der Waals surface area (Å²) in [5.74, 6) is 0.0154. The quantitative estimate of drug-likeness (QED) is 0.151. The van der Waals surface area contributed by atoms with Gasteiger partial charge in [0.25, 0.3) is 0 Å². The monoisotopic (exact) mass is 1070 g/mol. The minimum Gasteiger partial charge on any atom is -0.332 e. The van der Waals surface area contributed by atoms with Gasteiger partial charge in [-0.3, -0.25) is 0 Å². The summed E-state index contributed by atoms with van der Waals surface area (Å²) in [5.41, 5.74) is 24.7. The van der Waals surface area contributed by atoms with E-state index < -0.39 is 5.41 Å². The van der Waals surface area contributed by atoms with E-state index in [0.717, 1.165) is 45.5 Å². The molecule has 2 unspecified atom stereocenters. The first-order valence-electron chi connectivity index (χ1n) is 29.2. The van der Waals surface area contributed by atoms with Crippen LogP contribution in [0.5, 0.6) is 0 Å². The van der Waals surface area contributed by atoms with E-state index in [1.54, 1.807) is 0 Å². The maximum absolute atomic E-state index is 2.66. The summed E-state index contributed by atoms with van der Waals surface area (Å²) in [5, 5.41) is 4.87. The van der Waals surface area contributed by atoms with Gasteiger partial charge in [-0.1, -0.05) is 176 Å². The number of hydrogen-bond acceptors (Lipinski definition) is 3. The number of allylic oxidation sites excluding steroid dienone is 2. The van der Waals surface area contributed by atoms with Gasteiger partial charge in [0.15, 0.2) is 0 Å².